The molecule has 2 rings (SSSR count). The molecule has 0 aliphatic rings. The first-order valence-electron chi connectivity index (χ1n) is 8.43. The summed E-state index contributed by atoms with van der Waals surface area (Å²) >= 11 is 0. The molecule has 1 atom stereocenters. The Balaban J connectivity index is 1.88. The minimum atomic E-state index is -1.23. The molecule has 1 unspecified atom stereocenters. The summed E-state index contributed by atoms with van der Waals surface area (Å²) in [5, 5.41) is 41.5. The molecule has 0 spiro atoms. The number of aliphatic hydroxyl groups is 1. The molecule has 3 N–H and O–H groups in total. The highest BCUT2D eigenvalue weighted by Crippen LogP contribution is 2.24. The number of nitrogens with one attached hydrogen (secondary N) is 1. The number of aromatic carboxylic acids is 1. The minimum absolute atomic E-state index is 0.000923. The molecule has 10 nitrogen and oxygen atoms in total. The number of carbonyl (C=O) groups excluding carboxylic acids is 1. The van der Waals surface area contributed by atoms with E-state index in [9.17, 15) is 24.8 Å². The molecule has 0 saturated heterocycles. The zero-order valence-electron chi connectivity index (χ0n) is 15.1. The van der Waals surface area contributed by atoms with Crippen molar-refractivity contribution >= 4 is 17.6 Å². The van der Waals surface area contributed by atoms with Crippen LogP contribution in [0.25, 0.3) is 0 Å². The molecule has 0 bridgehead atoms. The Morgan fingerprint density at radius 1 is 1.24 bits per heavy atom. The van der Waals surface area contributed by atoms with Crippen LogP contribution < -0.4 is 10.1 Å². The molecule has 0 aliphatic heterocycles. The number of nitrogens with zero attached hydrogens (tertiary/aromatic N) is 2. The van der Waals surface area contributed by atoms with Crippen LogP contribution in [-0.4, -0.2) is 46.3 Å². The Kier molecular flexibility index (Phi) is 7.22. The van der Waals surface area contributed by atoms with E-state index in [-0.39, 0.29) is 47.7 Å². The maximum absolute atomic E-state index is 12.1. The summed E-state index contributed by atoms with van der Waals surface area (Å²) in [7, 11) is 0. The van der Waals surface area contributed by atoms with E-state index < -0.39 is 22.9 Å². The van der Waals surface area contributed by atoms with Crippen molar-refractivity contribution in [2.45, 2.75) is 12.5 Å². The first-order chi connectivity index (χ1) is 13.8. The number of amides is 1. The monoisotopic (exact) mass is 399 g/mol. The van der Waals surface area contributed by atoms with Gasteiger partial charge < -0.3 is 20.3 Å². The molecular formula is C19H17N3O7. The summed E-state index contributed by atoms with van der Waals surface area (Å²) in [6.07, 6.45) is -0.951. The summed E-state index contributed by atoms with van der Waals surface area (Å²) in [4.78, 5) is 33.5. The molecule has 150 valence electrons. The highest BCUT2D eigenvalue weighted by Gasteiger charge is 2.17. The summed E-state index contributed by atoms with van der Waals surface area (Å²) in [6, 6.07) is 11.1. The second kappa shape index (κ2) is 9.82. The number of nitriles is 1. The number of hydrogen-bond acceptors (Lipinski definition) is 7. The smallest absolute Gasteiger partial charge is 0.336 e. The molecule has 0 aromatic heterocycles. The molecule has 29 heavy (non-hydrogen) atoms. The number of benzene rings is 2. The van der Waals surface area contributed by atoms with Gasteiger partial charge in [0.25, 0.3) is 11.6 Å². The van der Waals surface area contributed by atoms with E-state index in [0.29, 0.717) is 0 Å². The molecule has 2 aromatic rings. The third kappa shape index (κ3) is 5.75. The van der Waals surface area contributed by atoms with Gasteiger partial charge in [-0.2, -0.15) is 5.26 Å². The van der Waals surface area contributed by atoms with E-state index in [1.165, 1.54) is 36.4 Å². The van der Waals surface area contributed by atoms with Crippen LogP contribution in [0.1, 0.15) is 32.7 Å². The van der Waals surface area contributed by atoms with E-state index in [0.717, 1.165) is 6.07 Å². The summed E-state index contributed by atoms with van der Waals surface area (Å²) in [5.74, 6) is -1.85. The lowest BCUT2D eigenvalue weighted by Crippen LogP contribution is -2.30. The molecule has 0 aliphatic carbocycles. The van der Waals surface area contributed by atoms with Gasteiger partial charge in [-0.25, -0.2) is 4.79 Å². The maximum atomic E-state index is 12.1. The number of ether oxygens (including phenoxy) is 1. The van der Waals surface area contributed by atoms with Crippen molar-refractivity contribution in [2.24, 2.45) is 0 Å². The van der Waals surface area contributed by atoms with Crippen LogP contribution in [-0.2, 0) is 0 Å². The van der Waals surface area contributed by atoms with E-state index in [4.69, 9.17) is 15.1 Å². The van der Waals surface area contributed by atoms with Crippen LogP contribution >= 0.6 is 0 Å². The predicted molar refractivity (Wildman–Crippen MR) is 99.7 cm³/mol. The van der Waals surface area contributed by atoms with E-state index >= 15 is 0 Å². The number of hydrogen-bond donors (Lipinski definition) is 3. The number of carboxylic acids is 1. The SMILES string of the molecule is N#Cc1ccc([N+](=O)[O-])cc1OCC(O)CCNC(=O)c1ccccc1C(=O)O. The van der Waals surface area contributed by atoms with Crippen LogP contribution in [0.2, 0.25) is 0 Å². The van der Waals surface area contributed by atoms with Crippen molar-refractivity contribution in [3.05, 3.63) is 69.3 Å². The van der Waals surface area contributed by atoms with Gasteiger partial charge in [0.2, 0.25) is 0 Å². The lowest BCUT2D eigenvalue weighted by Gasteiger charge is -2.14. The first-order valence-corrected chi connectivity index (χ1v) is 8.43. The van der Waals surface area contributed by atoms with Gasteiger partial charge in [0, 0.05) is 12.6 Å². The summed E-state index contributed by atoms with van der Waals surface area (Å²) in [6.45, 7) is -0.214. The number of carboxylic acid groups (broad SMARTS) is 1. The number of nitro benzene ring substituents is 1. The first kappa shape index (κ1) is 21.3. The normalized spacial score (nSPS) is 11.2. The van der Waals surface area contributed by atoms with Gasteiger partial charge in [-0.3, -0.25) is 14.9 Å². The second-order valence-corrected chi connectivity index (χ2v) is 5.91. The standard InChI is InChI=1S/C19H17N3O7/c20-10-12-5-6-13(22(27)28)9-17(12)29-11-14(23)7-8-21-18(24)15-3-1-2-4-16(15)19(25)26/h1-6,9,14,23H,7-8,11H2,(H,21,24)(H,25,26). The third-order valence-electron chi connectivity index (χ3n) is 3.89. The van der Waals surface area contributed by atoms with Crippen LogP contribution in [0.5, 0.6) is 5.75 Å². The fourth-order valence-corrected chi connectivity index (χ4v) is 2.42. The van der Waals surface area contributed by atoms with Crippen molar-refractivity contribution in [1.29, 1.82) is 5.26 Å². The van der Waals surface area contributed by atoms with Gasteiger partial charge in [0.05, 0.1) is 33.8 Å². The van der Waals surface area contributed by atoms with Crippen molar-refractivity contribution < 1.29 is 29.5 Å². The van der Waals surface area contributed by atoms with Crippen molar-refractivity contribution in [1.82, 2.24) is 5.32 Å². The highest BCUT2D eigenvalue weighted by molar-refractivity contribution is 6.04. The Morgan fingerprint density at radius 2 is 1.93 bits per heavy atom. The number of non-ortho nitro benzene ring substituents is 1. The maximum Gasteiger partial charge on any atom is 0.336 e. The summed E-state index contributed by atoms with van der Waals surface area (Å²) in [5.41, 5.74) is -0.302. The van der Waals surface area contributed by atoms with Gasteiger partial charge >= 0.3 is 5.97 Å². The number of carbonyl (C=O) groups is 2. The third-order valence-corrected chi connectivity index (χ3v) is 3.89. The zero-order chi connectivity index (χ0) is 21.4. The number of aliphatic hydroxyl groups excluding tert-OH is 1. The van der Waals surface area contributed by atoms with Gasteiger partial charge in [-0.05, 0) is 24.6 Å². The predicted octanol–water partition coefficient (Wildman–Crippen LogP) is 1.72. The Morgan fingerprint density at radius 3 is 2.55 bits per heavy atom. The van der Waals surface area contributed by atoms with E-state index in [2.05, 4.69) is 5.32 Å². The van der Waals surface area contributed by atoms with Crippen LogP contribution in [0.15, 0.2) is 42.5 Å². The Hall–Kier alpha value is -3.97. The molecule has 2 aromatic carbocycles. The Labute approximate surface area is 165 Å². The highest BCUT2D eigenvalue weighted by atomic mass is 16.6. The van der Waals surface area contributed by atoms with Crippen molar-refractivity contribution in [3.8, 4) is 11.8 Å². The van der Waals surface area contributed by atoms with Crippen molar-refractivity contribution in [2.75, 3.05) is 13.2 Å². The average Bonchev–Trinajstić information content (AvgIpc) is 2.71. The number of rotatable bonds is 9. The second-order valence-electron chi connectivity index (χ2n) is 5.91. The van der Waals surface area contributed by atoms with Gasteiger partial charge in [-0.15, -0.1) is 0 Å². The van der Waals surface area contributed by atoms with Gasteiger partial charge in [0.1, 0.15) is 18.4 Å². The molecule has 1 amide bonds. The quantitative estimate of drug-likeness (QED) is 0.424. The fraction of sp³-hybridized carbons (Fsp3) is 0.211. The van der Waals surface area contributed by atoms with Crippen LogP contribution in [0, 0.1) is 21.4 Å². The van der Waals surface area contributed by atoms with Crippen LogP contribution in [0.4, 0.5) is 5.69 Å². The number of nitro groups is 1. The Bertz CT molecular complexity index is 969. The van der Waals surface area contributed by atoms with Gasteiger partial charge in [0.15, 0.2) is 0 Å². The summed E-state index contributed by atoms with van der Waals surface area (Å²) < 4.78 is 5.31. The van der Waals surface area contributed by atoms with E-state index in [1.54, 1.807) is 0 Å². The molecule has 0 radical (unpaired) electrons. The minimum Gasteiger partial charge on any atom is -0.489 e. The van der Waals surface area contributed by atoms with Gasteiger partial charge in [-0.1, -0.05) is 12.1 Å². The van der Waals surface area contributed by atoms with E-state index in [1.807, 2.05) is 6.07 Å². The fourth-order valence-electron chi connectivity index (χ4n) is 2.42. The lowest BCUT2D eigenvalue weighted by molar-refractivity contribution is -0.384. The van der Waals surface area contributed by atoms with Crippen molar-refractivity contribution in [3.63, 3.8) is 0 Å². The molecular weight excluding hydrogens is 382 g/mol. The molecule has 0 fully saturated rings. The topological polar surface area (TPSA) is 163 Å². The molecule has 0 heterocycles. The molecule has 10 heteroatoms. The lowest BCUT2D eigenvalue weighted by atomic mass is 10.1. The van der Waals surface area contributed by atoms with Crippen LogP contribution in [0.3, 0.4) is 0 Å². The average molecular weight is 399 g/mol. The molecule has 0 saturated carbocycles. The largest absolute Gasteiger partial charge is 0.489 e. The zero-order valence-corrected chi connectivity index (χ0v) is 15.1.